The van der Waals surface area contributed by atoms with Crippen LogP contribution in [0, 0.1) is 11.8 Å². The highest BCUT2D eigenvalue weighted by molar-refractivity contribution is 6.04. The molecule has 35 heavy (non-hydrogen) atoms. The zero-order chi connectivity index (χ0) is 24.8. The van der Waals surface area contributed by atoms with E-state index in [0.29, 0.717) is 23.0 Å². The number of carbonyl (C=O) groups is 2. The number of carboxylic acid groups (broad SMARTS) is 1. The second-order valence-corrected chi connectivity index (χ2v) is 9.36. The molecule has 182 valence electrons. The van der Waals surface area contributed by atoms with Crippen LogP contribution < -0.4 is 5.48 Å². The Balaban J connectivity index is 1.41. The predicted octanol–water partition coefficient (Wildman–Crippen LogP) is 6.01. The minimum Gasteiger partial charge on any atom is -0.478 e. The molecule has 1 aliphatic carbocycles. The van der Waals surface area contributed by atoms with Crippen molar-refractivity contribution in [1.82, 2.24) is 5.48 Å². The fourth-order valence-corrected chi connectivity index (χ4v) is 5.15. The van der Waals surface area contributed by atoms with Gasteiger partial charge in [-0.25, -0.2) is 10.3 Å². The summed E-state index contributed by atoms with van der Waals surface area (Å²) in [5.74, 6) is -0.130. The maximum atomic E-state index is 11.9. The fourth-order valence-electron chi connectivity index (χ4n) is 5.15. The number of benzene rings is 3. The minimum absolute atomic E-state index is 0.0473. The number of amides is 1. The summed E-state index contributed by atoms with van der Waals surface area (Å²) >= 11 is 0. The molecule has 0 bridgehead atoms. The molecule has 1 aliphatic rings. The third-order valence-corrected chi connectivity index (χ3v) is 6.92. The van der Waals surface area contributed by atoms with Gasteiger partial charge >= 0.3 is 5.97 Å². The first-order chi connectivity index (χ1) is 17.0. The second kappa shape index (κ2) is 11.3. The summed E-state index contributed by atoms with van der Waals surface area (Å²) in [6.07, 6.45) is 7.73. The minimum atomic E-state index is -0.912. The lowest BCUT2D eigenvalue weighted by Crippen LogP contribution is -2.21. The topological polar surface area (TPSA) is 88.0 Å². The third-order valence-electron chi connectivity index (χ3n) is 6.92. The van der Waals surface area contributed by atoms with Gasteiger partial charge in [-0.05, 0) is 78.1 Å². The maximum Gasteiger partial charge on any atom is 0.336 e. The molecular weight excluding hydrogens is 440 g/mol. The van der Waals surface area contributed by atoms with E-state index in [4.69, 9.17) is 4.99 Å². The first-order valence-electron chi connectivity index (χ1n) is 12.2. The molecule has 0 aromatic heterocycles. The van der Waals surface area contributed by atoms with Gasteiger partial charge in [-0.2, -0.15) is 0 Å². The molecular formula is C29H32N2O4. The van der Waals surface area contributed by atoms with Crippen LogP contribution in [0.4, 0.5) is 0 Å². The molecule has 4 rings (SSSR count). The predicted molar refractivity (Wildman–Crippen MR) is 138 cm³/mol. The van der Waals surface area contributed by atoms with Crippen molar-refractivity contribution in [2.75, 3.05) is 7.11 Å². The largest absolute Gasteiger partial charge is 0.478 e. The Bertz CT molecular complexity index is 1220. The van der Waals surface area contributed by atoms with Crippen molar-refractivity contribution >= 4 is 28.9 Å². The zero-order valence-electron chi connectivity index (χ0n) is 20.2. The molecule has 3 atom stereocenters. The van der Waals surface area contributed by atoms with E-state index in [1.54, 1.807) is 12.1 Å². The van der Waals surface area contributed by atoms with Crippen molar-refractivity contribution in [3.8, 4) is 0 Å². The molecule has 1 fully saturated rings. The van der Waals surface area contributed by atoms with E-state index in [1.807, 2.05) is 48.5 Å². The van der Waals surface area contributed by atoms with Crippen LogP contribution in [0.2, 0.25) is 0 Å². The van der Waals surface area contributed by atoms with Crippen molar-refractivity contribution in [2.45, 2.75) is 45.1 Å². The molecule has 0 heterocycles. The van der Waals surface area contributed by atoms with E-state index in [1.165, 1.54) is 25.5 Å². The Kier molecular flexibility index (Phi) is 7.93. The maximum absolute atomic E-state index is 11.9. The number of carbonyl (C=O) groups excluding carboxylic acids is 1. The summed E-state index contributed by atoms with van der Waals surface area (Å²) in [7, 11) is 1.42. The molecule has 0 radical (unpaired) electrons. The van der Waals surface area contributed by atoms with Gasteiger partial charge < -0.3 is 5.11 Å². The van der Waals surface area contributed by atoms with Gasteiger partial charge in [-0.15, -0.1) is 0 Å². The van der Waals surface area contributed by atoms with E-state index < -0.39 is 5.97 Å². The highest BCUT2D eigenvalue weighted by Gasteiger charge is 2.22. The number of fused-ring (bicyclic) bond motifs is 1. The summed E-state index contributed by atoms with van der Waals surface area (Å²) in [6, 6.07) is 18.9. The summed E-state index contributed by atoms with van der Waals surface area (Å²) in [5.41, 5.74) is 5.53. The molecule has 0 aliphatic heterocycles. The first-order valence-corrected chi connectivity index (χ1v) is 12.2. The standard InChI is InChI=1S/C29H32N2O4/c1-19(24-8-4-10-26-25(24)9-5-11-27(26)29(33)34)30-18-22-7-3-6-21(17-22)16-20-12-14-23(15-13-20)28(32)31-35-2/h4-5,8-15,18-19,21-22H,3,6-7,16-17H2,1-2H3,(H,31,32)(H,33,34)/t19-,21?,22?/m1/s1. The number of hydrogen-bond acceptors (Lipinski definition) is 4. The molecule has 6 nitrogen and oxygen atoms in total. The van der Waals surface area contributed by atoms with Gasteiger partial charge in [-0.3, -0.25) is 14.6 Å². The third kappa shape index (κ3) is 5.95. The van der Waals surface area contributed by atoms with E-state index >= 15 is 0 Å². The number of aromatic carboxylic acids is 1. The molecule has 6 heteroatoms. The van der Waals surface area contributed by atoms with Gasteiger partial charge in [0.25, 0.3) is 5.91 Å². The van der Waals surface area contributed by atoms with Crippen LogP contribution >= 0.6 is 0 Å². The highest BCUT2D eigenvalue weighted by Crippen LogP contribution is 2.32. The smallest absolute Gasteiger partial charge is 0.336 e. The second-order valence-electron chi connectivity index (χ2n) is 9.36. The van der Waals surface area contributed by atoms with Crippen LogP contribution in [0.25, 0.3) is 10.8 Å². The Morgan fingerprint density at radius 2 is 1.83 bits per heavy atom. The van der Waals surface area contributed by atoms with Crippen molar-refractivity contribution in [1.29, 1.82) is 0 Å². The molecule has 0 saturated heterocycles. The number of hydrogen-bond donors (Lipinski definition) is 2. The Hall–Kier alpha value is -3.51. The molecule has 3 aromatic rings. The SMILES string of the molecule is CONC(=O)c1ccc(CC2CCCC(C=N[C@H](C)c3cccc4c(C(=O)O)cccc34)C2)cc1. The van der Waals surface area contributed by atoms with Crippen LogP contribution in [0.15, 0.2) is 65.7 Å². The lowest BCUT2D eigenvalue weighted by Gasteiger charge is -2.27. The van der Waals surface area contributed by atoms with E-state index in [-0.39, 0.29) is 11.9 Å². The van der Waals surface area contributed by atoms with Crippen LogP contribution in [-0.4, -0.2) is 30.3 Å². The van der Waals surface area contributed by atoms with E-state index in [9.17, 15) is 14.7 Å². The number of rotatable bonds is 8. The van der Waals surface area contributed by atoms with Crippen molar-refractivity contribution in [3.63, 3.8) is 0 Å². The van der Waals surface area contributed by atoms with Crippen LogP contribution in [-0.2, 0) is 11.3 Å². The average Bonchev–Trinajstić information content (AvgIpc) is 2.87. The summed E-state index contributed by atoms with van der Waals surface area (Å²) in [6.45, 7) is 2.07. The molecule has 1 saturated carbocycles. The van der Waals surface area contributed by atoms with Crippen molar-refractivity contribution < 1.29 is 19.5 Å². The van der Waals surface area contributed by atoms with Gasteiger partial charge in [0, 0.05) is 11.8 Å². The first kappa shape index (κ1) is 24.6. The van der Waals surface area contributed by atoms with Gasteiger partial charge in [0.15, 0.2) is 0 Å². The lowest BCUT2D eigenvalue weighted by atomic mass is 9.79. The Morgan fingerprint density at radius 1 is 1.09 bits per heavy atom. The van der Waals surface area contributed by atoms with Crippen molar-refractivity contribution in [2.24, 2.45) is 16.8 Å². The van der Waals surface area contributed by atoms with Gasteiger partial charge in [0.05, 0.1) is 18.7 Å². The quantitative estimate of drug-likeness (QED) is 0.310. The Labute approximate surface area is 206 Å². The summed E-state index contributed by atoms with van der Waals surface area (Å²) in [4.78, 5) is 33.1. The lowest BCUT2D eigenvalue weighted by molar-refractivity contribution is 0.0537. The number of carboxylic acids is 1. The van der Waals surface area contributed by atoms with Crippen LogP contribution in [0.5, 0.6) is 0 Å². The number of hydroxylamine groups is 1. The molecule has 3 aromatic carbocycles. The molecule has 0 spiro atoms. The fraction of sp³-hybridized carbons (Fsp3) is 0.345. The number of nitrogens with zero attached hydrogens (tertiary/aromatic N) is 1. The monoisotopic (exact) mass is 472 g/mol. The molecule has 2 unspecified atom stereocenters. The zero-order valence-corrected chi connectivity index (χ0v) is 20.2. The number of aliphatic imine (C=N–C) groups is 1. The Morgan fingerprint density at radius 3 is 2.57 bits per heavy atom. The normalized spacial score (nSPS) is 19.0. The van der Waals surface area contributed by atoms with Gasteiger partial charge in [0.2, 0.25) is 0 Å². The van der Waals surface area contributed by atoms with E-state index in [2.05, 4.69) is 23.5 Å². The van der Waals surface area contributed by atoms with Crippen LogP contribution in [0.1, 0.15) is 70.5 Å². The highest BCUT2D eigenvalue weighted by atomic mass is 16.6. The van der Waals surface area contributed by atoms with Gasteiger partial charge in [0.1, 0.15) is 0 Å². The van der Waals surface area contributed by atoms with Crippen molar-refractivity contribution in [3.05, 3.63) is 82.9 Å². The number of nitrogens with one attached hydrogen (secondary N) is 1. The van der Waals surface area contributed by atoms with Gasteiger partial charge in [-0.1, -0.05) is 55.3 Å². The molecule has 2 N–H and O–H groups in total. The summed E-state index contributed by atoms with van der Waals surface area (Å²) in [5, 5.41) is 11.2. The van der Waals surface area contributed by atoms with Crippen LogP contribution in [0.3, 0.4) is 0 Å². The average molecular weight is 473 g/mol. The molecule has 1 amide bonds. The van der Waals surface area contributed by atoms with E-state index in [0.717, 1.165) is 35.6 Å². The summed E-state index contributed by atoms with van der Waals surface area (Å²) < 4.78 is 0.